The average Bonchev–Trinajstić information content (AvgIpc) is 3.39. The van der Waals surface area contributed by atoms with Gasteiger partial charge in [0, 0.05) is 5.56 Å². The summed E-state index contributed by atoms with van der Waals surface area (Å²) in [6, 6.07) is 14.0. The highest BCUT2D eigenvalue weighted by Gasteiger charge is 2.23. The molecule has 30 heavy (non-hydrogen) atoms. The fourth-order valence-corrected chi connectivity index (χ4v) is 2.89. The smallest absolute Gasteiger partial charge is 0.342 e. The van der Waals surface area contributed by atoms with Crippen LogP contribution in [0.25, 0.3) is 22.7 Å². The van der Waals surface area contributed by atoms with Crippen molar-refractivity contribution in [2.75, 3.05) is 7.11 Å². The van der Waals surface area contributed by atoms with Gasteiger partial charge in [0.1, 0.15) is 22.6 Å². The Morgan fingerprint density at radius 2 is 1.90 bits per heavy atom. The van der Waals surface area contributed by atoms with Crippen LogP contribution in [0.3, 0.4) is 0 Å². The van der Waals surface area contributed by atoms with Crippen LogP contribution in [-0.4, -0.2) is 33.5 Å². The number of methoxy groups -OCH3 is 1. The maximum Gasteiger partial charge on any atom is 0.342 e. The molecule has 0 bridgehead atoms. The number of hydrogen-bond donors (Lipinski definition) is 1. The van der Waals surface area contributed by atoms with Crippen molar-refractivity contribution in [1.29, 1.82) is 0 Å². The molecule has 0 amide bonds. The third-order valence-electron chi connectivity index (χ3n) is 4.36. The molecule has 9 nitrogen and oxygen atoms in total. The van der Waals surface area contributed by atoms with Gasteiger partial charge in [0.25, 0.3) is 11.8 Å². The summed E-state index contributed by atoms with van der Waals surface area (Å²) in [4.78, 5) is 12.3. The molecule has 9 heteroatoms. The SMILES string of the molecule is COc1cccc(C(=O)OCc2nnc(-c3c(-c4ccccc4)noc3C)o2)c1O. The van der Waals surface area contributed by atoms with Gasteiger partial charge in [0.2, 0.25) is 0 Å². The summed E-state index contributed by atoms with van der Waals surface area (Å²) in [6.45, 7) is 1.47. The van der Waals surface area contributed by atoms with Crippen LogP contribution >= 0.6 is 0 Å². The minimum atomic E-state index is -0.753. The molecule has 0 aliphatic carbocycles. The number of phenolic OH excluding ortho intramolecular Hbond substituents is 1. The van der Waals surface area contributed by atoms with Gasteiger partial charge in [-0.1, -0.05) is 41.6 Å². The zero-order valence-corrected chi connectivity index (χ0v) is 16.2. The number of para-hydroxylation sites is 1. The molecule has 2 aromatic heterocycles. The van der Waals surface area contributed by atoms with Crippen molar-refractivity contribution in [2.45, 2.75) is 13.5 Å². The average molecular weight is 407 g/mol. The molecule has 0 radical (unpaired) electrons. The van der Waals surface area contributed by atoms with Gasteiger partial charge in [-0.25, -0.2) is 4.79 Å². The summed E-state index contributed by atoms with van der Waals surface area (Å²) >= 11 is 0. The fourth-order valence-electron chi connectivity index (χ4n) is 2.89. The standard InChI is InChI=1S/C21H17N3O6/c1-12-17(18(24-30-12)13-7-4-3-5-8-13)20-23-22-16(29-20)11-28-21(26)14-9-6-10-15(27-2)19(14)25/h3-10,25H,11H2,1-2H3. The lowest BCUT2D eigenvalue weighted by atomic mass is 10.1. The van der Waals surface area contributed by atoms with E-state index in [1.54, 1.807) is 13.0 Å². The Kier molecular flexibility index (Phi) is 5.17. The Bertz CT molecular complexity index is 1180. The highest BCUT2D eigenvalue weighted by Crippen LogP contribution is 2.33. The van der Waals surface area contributed by atoms with Gasteiger partial charge in [0.05, 0.1) is 7.11 Å². The normalized spacial score (nSPS) is 10.7. The van der Waals surface area contributed by atoms with Gasteiger partial charge < -0.3 is 23.5 Å². The topological polar surface area (TPSA) is 121 Å². The predicted molar refractivity (Wildman–Crippen MR) is 104 cm³/mol. The fraction of sp³-hybridized carbons (Fsp3) is 0.143. The number of ether oxygens (including phenoxy) is 2. The molecule has 0 atom stereocenters. The lowest BCUT2D eigenvalue weighted by Gasteiger charge is -2.07. The van der Waals surface area contributed by atoms with E-state index in [1.807, 2.05) is 30.3 Å². The third-order valence-corrected chi connectivity index (χ3v) is 4.36. The van der Waals surface area contributed by atoms with Gasteiger partial charge in [-0.15, -0.1) is 10.2 Å². The van der Waals surface area contributed by atoms with Gasteiger partial charge in [-0.2, -0.15) is 0 Å². The molecule has 4 rings (SSSR count). The summed E-state index contributed by atoms with van der Waals surface area (Å²) in [7, 11) is 1.39. The molecule has 0 aliphatic rings. The maximum atomic E-state index is 12.3. The number of carbonyl (C=O) groups excluding carboxylic acids is 1. The second kappa shape index (κ2) is 8.08. The van der Waals surface area contributed by atoms with Crippen LogP contribution in [0.5, 0.6) is 11.5 Å². The van der Waals surface area contributed by atoms with E-state index < -0.39 is 5.97 Å². The van der Waals surface area contributed by atoms with Gasteiger partial charge in [0.15, 0.2) is 18.1 Å². The number of aromatic hydroxyl groups is 1. The monoisotopic (exact) mass is 407 g/mol. The zero-order valence-electron chi connectivity index (χ0n) is 16.2. The molecular formula is C21H17N3O6. The molecule has 0 saturated heterocycles. The van der Waals surface area contributed by atoms with Crippen molar-refractivity contribution in [1.82, 2.24) is 15.4 Å². The Morgan fingerprint density at radius 3 is 2.67 bits per heavy atom. The van der Waals surface area contributed by atoms with Crippen LogP contribution in [0.15, 0.2) is 57.5 Å². The van der Waals surface area contributed by atoms with Crippen molar-refractivity contribution in [2.24, 2.45) is 0 Å². The van der Waals surface area contributed by atoms with Crippen molar-refractivity contribution in [3.63, 3.8) is 0 Å². The first-order valence-electron chi connectivity index (χ1n) is 8.96. The maximum absolute atomic E-state index is 12.3. The molecule has 4 aromatic rings. The van der Waals surface area contributed by atoms with E-state index in [0.29, 0.717) is 17.0 Å². The van der Waals surface area contributed by atoms with Gasteiger partial charge in [-0.3, -0.25) is 0 Å². The number of aryl methyl sites for hydroxylation is 1. The molecule has 0 spiro atoms. The Labute approximate surface area is 170 Å². The predicted octanol–water partition coefficient (Wildman–Crippen LogP) is 3.77. The summed E-state index contributed by atoms with van der Waals surface area (Å²) in [6.07, 6.45) is 0. The van der Waals surface area contributed by atoms with E-state index in [9.17, 15) is 9.90 Å². The van der Waals surface area contributed by atoms with Crippen molar-refractivity contribution in [3.8, 4) is 34.2 Å². The van der Waals surface area contributed by atoms with Crippen molar-refractivity contribution >= 4 is 5.97 Å². The van der Waals surface area contributed by atoms with Crippen LogP contribution < -0.4 is 4.74 Å². The first-order valence-corrected chi connectivity index (χ1v) is 8.96. The molecule has 1 N–H and O–H groups in total. The highest BCUT2D eigenvalue weighted by atomic mass is 16.5. The lowest BCUT2D eigenvalue weighted by Crippen LogP contribution is -2.06. The molecule has 2 aromatic carbocycles. The van der Waals surface area contributed by atoms with Gasteiger partial charge in [-0.05, 0) is 19.1 Å². The van der Waals surface area contributed by atoms with Crippen LogP contribution in [0.1, 0.15) is 22.0 Å². The first-order chi connectivity index (χ1) is 14.6. The van der Waals surface area contributed by atoms with Crippen LogP contribution in [0.2, 0.25) is 0 Å². The molecule has 0 aliphatic heterocycles. The highest BCUT2D eigenvalue weighted by molar-refractivity contribution is 5.93. The molecule has 2 heterocycles. The minimum absolute atomic E-state index is 0.0321. The molecule has 0 saturated carbocycles. The first kappa shape index (κ1) is 19.2. The number of aromatic nitrogens is 3. The van der Waals surface area contributed by atoms with E-state index in [0.717, 1.165) is 5.56 Å². The number of esters is 1. The number of nitrogens with zero attached hydrogens (tertiary/aromatic N) is 3. The van der Waals surface area contributed by atoms with E-state index in [2.05, 4.69) is 15.4 Å². The molecule has 0 unspecified atom stereocenters. The Hall–Kier alpha value is -4.14. The number of benzene rings is 2. The number of carbonyl (C=O) groups is 1. The summed E-state index contributed by atoms with van der Waals surface area (Å²) in [5.41, 5.74) is 1.94. The van der Waals surface area contributed by atoms with Gasteiger partial charge >= 0.3 is 5.97 Å². The summed E-state index contributed by atoms with van der Waals surface area (Å²) in [5.74, 6) is -0.0902. The lowest BCUT2D eigenvalue weighted by molar-refractivity contribution is 0.0434. The van der Waals surface area contributed by atoms with Crippen LogP contribution in [0.4, 0.5) is 0 Å². The molecule has 152 valence electrons. The van der Waals surface area contributed by atoms with E-state index >= 15 is 0 Å². The quantitative estimate of drug-likeness (QED) is 0.476. The third kappa shape index (κ3) is 3.60. The molecule has 0 fully saturated rings. The van der Waals surface area contributed by atoms with Crippen molar-refractivity contribution in [3.05, 3.63) is 65.7 Å². The second-order valence-electron chi connectivity index (χ2n) is 6.26. The zero-order chi connectivity index (χ0) is 21.1. The minimum Gasteiger partial charge on any atom is -0.504 e. The van der Waals surface area contributed by atoms with E-state index in [-0.39, 0.29) is 35.5 Å². The van der Waals surface area contributed by atoms with E-state index in [4.69, 9.17) is 18.4 Å². The van der Waals surface area contributed by atoms with Crippen LogP contribution in [-0.2, 0) is 11.3 Å². The molecular weight excluding hydrogens is 390 g/mol. The van der Waals surface area contributed by atoms with Crippen LogP contribution in [0, 0.1) is 6.92 Å². The Balaban J connectivity index is 1.53. The summed E-state index contributed by atoms with van der Waals surface area (Å²) in [5, 5.41) is 22.1. The van der Waals surface area contributed by atoms with E-state index in [1.165, 1.54) is 19.2 Å². The largest absolute Gasteiger partial charge is 0.504 e. The second-order valence-corrected chi connectivity index (χ2v) is 6.26. The summed E-state index contributed by atoms with van der Waals surface area (Å²) < 4.78 is 21.1. The number of rotatable bonds is 6. The Morgan fingerprint density at radius 1 is 1.10 bits per heavy atom. The van der Waals surface area contributed by atoms with Crippen molar-refractivity contribution < 1.29 is 28.3 Å². The number of phenols is 1. The number of hydrogen-bond acceptors (Lipinski definition) is 9.